The van der Waals surface area contributed by atoms with Crippen LogP contribution >= 0.6 is 0 Å². The summed E-state index contributed by atoms with van der Waals surface area (Å²) in [5, 5.41) is 10.1. The predicted molar refractivity (Wildman–Crippen MR) is 196 cm³/mol. The van der Waals surface area contributed by atoms with Crippen molar-refractivity contribution in [1.82, 2.24) is 0 Å². The Morgan fingerprint density at radius 3 is 1.00 bits per heavy atom. The van der Waals surface area contributed by atoms with Crippen molar-refractivity contribution in [3.63, 3.8) is 0 Å². The highest BCUT2D eigenvalue weighted by Gasteiger charge is 2.17. The molecule has 0 rings (SSSR count). The van der Waals surface area contributed by atoms with Crippen molar-refractivity contribution >= 4 is 11.9 Å². The first-order valence-corrected chi connectivity index (χ1v) is 19.9. The molecule has 0 aromatic heterocycles. The van der Waals surface area contributed by atoms with Crippen molar-refractivity contribution in [2.24, 2.45) is 0 Å². The molecule has 0 aliphatic carbocycles. The molecular formula is C41H76O5. The SMILES string of the molecule is CCCCCCCCC=CCCCCCCCCOC(=O)CC(O)CC(=O)OCCCCCCCCC=CCCCCCCCC. The van der Waals surface area contributed by atoms with Gasteiger partial charge in [-0.1, -0.05) is 154 Å². The molecule has 5 heteroatoms. The summed E-state index contributed by atoms with van der Waals surface area (Å²) in [5.41, 5.74) is 0. The molecule has 0 aromatic carbocycles. The van der Waals surface area contributed by atoms with Crippen LogP contribution < -0.4 is 0 Å². The summed E-state index contributed by atoms with van der Waals surface area (Å²) < 4.78 is 10.5. The summed E-state index contributed by atoms with van der Waals surface area (Å²) in [6.07, 6.45) is 42.8. The first kappa shape index (κ1) is 44.4. The Morgan fingerprint density at radius 1 is 0.435 bits per heavy atom. The molecule has 0 radical (unpaired) electrons. The van der Waals surface area contributed by atoms with E-state index in [4.69, 9.17) is 9.47 Å². The third-order valence-corrected chi connectivity index (χ3v) is 8.64. The largest absolute Gasteiger partial charge is 0.466 e. The highest BCUT2D eigenvalue weighted by molar-refractivity contribution is 5.73. The standard InChI is InChI=1S/C41H76O5/c1-3-5-7-9-11-13-15-17-19-21-23-25-27-29-31-33-35-45-40(43)37-39(42)38-41(44)46-36-34-32-30-28-26-24-22-20-18-16-14-12-10-8-6-4-2/h17-20,39,42H,3-16,21-38H2,1-2H3. The number of carbonyl (C=O) groups excluding carboxylic acids is 2. The molecule has 0 aliphatic heterocycles. The van der Waals surface area contributed by atoms with E-state index in [2.05, 4.69) is 38.2 Å². The molecule has 0 saturated carbocycles. The van der Waals surface area contributed by atoms with Gasteiger partial charge in [-0.25, -0.2) is 0 Å². The molecule has 0 unspecified atom stereocenters. The highest BCUT2D eigenvalue weighted by atomic mass is 16.5. The van der Waals surface area contributed by atoms with Gasteiger partial charge >= 0.3 is 11.9 Å². The topological polar surface area (TPSA) is 72.8 Å². The van der Waals surface area contributed by atoms with Crippen LogP contribution in [0.4, 0.5) is 0 Å². The first-order chi connectivity index (χ1) is 22.6. The van der Waals surface area contributed by atoms with Gasteiger partial charge in [0, 0.05) is 0 Å². The van der Waals surface area contributed by atoms with Crippen LogP contribution in [-0.2, 0) is 19.1 Å². The number of carbonyl (C=O) groups is 2. The van der Waals surface area contributed by atoms with Gasteiger partial charge < -0.3 is 14.6 Å². The lowest BCUT2D eigenvalue weighted by atomic mass is 10.1. The third-order valence-electron chi connectivity index (χ3n) is 8.64. The van der Waals surface area contributed by atoms with Crippen LogP contribution in [0.2, 0.25) is 0 Å². The van der Waals surface area contributed by atoms with Gasteiger partial charge in [0.2, 0.25) is 0 Å². The number of allylic oxidation sites excluding steroid dienone is 4. The van der Waals surface area contributed by atoms with Crippen molar-refractivity contribution in [3.8, 4) is 0 Å². The Hall–Kier alpha value is -1.62. The summed E-state index contributed by atoms with van der Waals surface area (Å²) in [4.78, 5) is 24.0. The molecule has 0 spiro atoms. The number of aliphatic hydroxyl groups excluding tert-OH is 1. The monoisotopic (exact) mass is 649 g/mol. The Kier molecular flexibility index (Phi) is 36.5. The lowest BCUT2D eigenvalue weighted by Crippen LogP contribution is -2.21. The van der Waals surface area contributed by atoms with Gasteiger partial charge in [-0.3, -0.25) is 9.59 Å². The summed E-state index contributed by atoms with van der Waals surface area (Å²) in [6.45, 7) is 5.29. The Balaban J connectivity index is 3.44. The van der Waals surface area contributed by atoms with Gasteiger partial charge in [-0.15, -0.1) is 0 Å². The molecule has 46 heavy (non-hydrogen) atoms. The summed E-state index contributed by atoms with van der Waals surface area (Å²) in [5.74, 6) is -0.886. The average molecular weight is 649 g/mol. The molecular weight excluding hydrogens is 572 g/mol. The quantitative estimate of drug-likeness (QED) is 0.0416. The number of esters is 2. The molecule has 0 aliphatic rings. The smallest absolute Gasteiger partial charge is 0.308 e. The van der Waals surface area contributed by atoms with Gasteiger partial charge in [-0.2, -0.15) is 0 Å². The zero-order valence-corrected chi connectivity index (χ0v) is 30.6. The zero-order chi connectivity index (χ0) is 33.6. The fraction of sp³-hybridized carbons (Fsp3) is 0.854. The van der Waals surface area contributed by atoms with Crippen molar-refractivity contribution in [2.45, 2.75) is 213 Å². The summed E-state index contributed by atoms with van der Waals surface area (Å²) in [6, 6.07) is 0. The molecule has 0 saturated heterocycles. The molecule has 270 valence electrons. The van der Waals surface area contributed by atoms with Crippen LogP contribution in [0.15, 0.2) is 24.3 Å². The van der Waals surface area contributed by atoms with Crippen molar-refractivity contribution in [3.05, 3.63) is 24.3 Å². The first-order valence-electron chi connectivity index (χ1n) is 19.9. The minimum Gasteiger partial charge on any atom is -0.466 e. The predicted octanol–water partition coefficient (Wildman–Crippen LogP) is 12.3. The van der Waals surface area contributed by atoms with E-state index in [1.165, 1.54) is 141 Å². The van der Waals surface area contributed by atoms with Crippen LogP contribution in [0, 0.1) is 0 Å². The fourth-order valence-electron chi connectivity index (χ4n) is 5.65. The van der Waals surface area contributed by atoms with E-state index < -0.39 is 18.0 Å². The molecule has 0 heterocycles. The Labute approximate surface area is 285 Å². The van der Waals surface area contributed by atoms with E-state index in [0.29, 0.717) is 13.2 Å². The van der Waals surface area contributed by atoms with Gasteiger partial charge in [0.1, 0.15) is 0 Å². The van der Waals surface area contributed by atoms with Crippen molar-refractivity contribution < 1.29 is 24.2 Å². The normalized spacial score (nSPS) is 12.3. The number of unbranched alkanes of at least 4 members (excludes halogenated alkanes) is 24. The van der Waals surface area contributed by atoms with E-state index in [1.54, 1.807) is 0 Å². The van der Waals surface area contributed by atoms with E-state index in [-0.39, 0.29) is 12.8 Å². The molecule has 0 fully saturated rings. The maximum Gasteiger partial charge on any atom is 0.308 e. The molecule has 0 aromatic rings. The number of rotatable bonds is 36. The van der Waals surface area contributed by atoms with Crippen molar-refractivity contribution in [2.75, 3.05) is 13.2 Å². The second kappa shape index (κ2) is 37.8. The zero-order valence-electron chi connectivity index (χ0n) is 30.6. The van der Waals surface area contributed by atoms with Crippen LogP contribution in [0.25, 0.3) is 0 Å². The van der Waals surface area contributed by atoms with Gasteiger partial charge in [-0.05, 0) is 64.2 Å². The number of hydrogen-bond donors (Lipinski definition) is 1. The third kappa shape index (κ3) is 36.8. The van der Waals surface area contributed by atoms with Crippen LogP contribution in [0.5, 0.6) is 0 Å². The Bertz CT molecular complexity index is 643. The highest BCUT2D eigenvalue weighted by Crippen LogP contribution is 2.12. The summed E-state index contributed by atoms with van der Waals surface area (Å²) in [7, 11) is 0. The molecule has 0 amide bonds. The maximum atomic E-state index is 12.0. The van der Waals surface area contributed by atoms with Gasteiger partial charge in [0.05, 0.1) is 32.2 Å². The van der Waals surface area contributed by atoms with E-state index in [1.807, 2.05) is 0 Å². The minimum atomic E-state index is -1.04. The molecule has 1 N–H and O–H groups in total. The van der Waals surface area contributed by atoms with E-state index in [9.17, 15) is 14.7 Å². The number of ether oxygens (including phenoxy) is 2. The molecule has 0 atom stereocenters. The van der Waals surface area contributed by atoms with E-state index in [0.717, 1.165) is 38.5 Å². The van der Waals surface area contributed by atoms with Crippen LogP contribution in [0.3, 0.4) is 0 Å². The Morgan fingerprint density at radius 2 is 0.696 bits per heavy atom. The number of hydrogen-bond acceptors (Lipinski definition) is 5. The number of aliphatic hydroxyl groups is 1. The van der Waals surface area contributed by atoms with Crippen LogP contribution in [-0.4, -0.2) is 36.4 Å². The average Bonchev–Trinajstić information content (AvgIpc) is 3.03. The lowest BCUT2D eigenvalue weighted by Gasteiger charge is -2.10. The fourth-order valence-corrected chi connectivity index (χ4v) is 5.65. The maximum absolute atomic E-state index is 12.0. The second-order valence-electron chi connectivity index (χ2n) is 13.4. The lowest BCUT2D eigenvalue weighted by molar-refractivity contribution is -0.149. The van der Waals surface area contributed by atoms with Gasteiger partial charge in [0.15, 0.2) is 0 Å². The van der Waals surface area contributed by atoms with E-state index >= 15 is 0 Å². The van der Waals surface area contributed by atoms with Gasteiger partial charge in [0.25, 0.3) is 0 Å². The summed E-state index contributed by atoms with van der Waals surface area (Å²) >= 11 is 0. The second-order valence-corrected chi connectivity index (χ2v) is 13.4. The minimum absolute atomic E-state index is 0.157. The van der Waals surface area contributed by atoms with Crippen LogP contribution in [0.1, 0.15) is 206 Å². The molecule has 5 nitrogen and oxygen atoms in total. The van der Waals surface area contributed by atoms with Crippen molar-refractivity contribution in [1.29, 1.82) is 0 Å². The molecule has 0 bridgehead atoms.